The van der Waals surface area contributed by atoms with E-state index in [0.717, 1.165) is 29.4 Å². The zero-order chi connectivity index (χ0) is 20.8. The minimum Gasteiger partial charge on any atom is -0.463 e. The fraction of sp³-hybridized carbons (Fsp3) is 0.391. The van der Waals surface area contributed by atoms with Gasteiger partial charge in [-0.05, 0) is 48.1 Å². The molecule has 6 heteroatoms. The Balaban J connectivity index is 1.88. The van der Waals surface area contributed by atoms with E-state index in [9.17, 15) is 9.59 Å². The van der Waals surface area contributed by atoms with Crippen LogP contribution in [0.2, 0.25) is 0 Å². The smallest absolute Gasteiger partial charge is 0.257 e. The summed E-state index contributed by atoms with van der Waals surface area (Å²) < 4.78 is 5.90. The average Bonchev–Trinajstić information content (AvgIpc) is 3.10. The van der Waals surface area contributed by atoms with E-state index in [2.05, 4.69) is 25.8 Å². The summed E-state index contributed by atoms with van der Waals surface area (Å²) in [5.41, 5.74) is 9.16. The van der Waals surface area contributed by atoms with E-state index >= 15 is 0 Å². The third-order valence-corrected chi connectivity index (χ3v) is 5.67. The van der Waals surface area contributed by atoms with Crippen molar-refractivity contribution in [2.24, 2.45) is 5.73 Å². The standard InChI is InChI=1S/C23H27N3O3/c1-23(2,3)19-12-14(16-5-4-8-25-21(16)27)11-17-18(13-29-20(17)19)22(28)26-9-6-15(24)7-10-26/h4-5,8,11-13,15H,6-7,9-10,24H2,1-3H3,(H,25,27). The minimum absolute atomic E-state index is 0.0466. The predicted molar refractivity (Wildman–Crippen MR) is 114 cm³/mol. The van der Waals surface area contributed by atoms with E-state index in [1.54, 1.807) is 24.6 Å². The van der Waals surface area contributed by atoms with Crippen LogP contribution in [0.4, 0.5) is 0 Å². The maximum absolute atomic E-state index is 13.2. The number of H-pyrrole nitrogens is 1. The zero-order valence-corrected chi connectivity index (χ0v) is 17.1. The Hall–Kier alpha value is -2.86. The first kappa shape index (κ1) is 19.5. The topological polar surface area (TPSA) is 92.3 Å². The number of hydrogen-bond acceptors (Lipinski definition) is 4. The number of aromatic nitrogens is 1. The molecule has 0 atom stereocenters. The lowest BCUT2D eigenvalue weighted by Gasteiger charge is -2.30. The lowest BCUT2D eigenvalue weighted by molar-refractivity contribution is 0.0715. The van der Waals surface area contributed by atoms with Crippen molar-refractivity contribution in [3.8, 4) is 11.1 Å². The van der Waals surface area contributed by atoms with E-state index in [-0.39, 0.29) is 22.9 Å². The molecule has 6 nitrogen and oxygen atoms in total. The fourth-order valence-electron chi connectivity index (χ4n) is 3.94. The number of likely N-dealkylation sites (tertiary alicyclic amines) is 1. The number of hydrogen-bond donors (Lipinski definition) is 2. The summed E-state index contributed by atoms with van der Waals surface area (Å²) in [7, 11) is 0. The van der Waals surface area contributed by atoms with E-state index in [1.165, 1.54) is 0 Å². The van der Waals surface area contributed by atoms with E-state index in [4.69, 9.17) is 10.2 Å². The van der Waals surface area contributed by atoms with Crippen molar-refractivity contribution >= 4 is 16.9 Å². The molecular formula is C23H27N3O3. The summed E-state index contributed by atoms with van der Waals surface area (Å²) in [5, 5.41) is 0.746. The van der Waals surface area contributed by atoms with Gasteiger partial charge in [-0.25, -0.2) is 0 Å². The molecule has 1 fully saturated rings. The molecule has 4 rings (SSSR count). The van der Waals surface area contributed by atoms with Crippen molar-refractivity contribution in [2.75, 3.05) is 13.1 Å². The van der Waals surface area contributed by atoms with Gasteiger partial charge < -0.3 is 20.0 Å². The number of nitrogens with two attached hydrogens (primary N) is 1. The van der Waals surface area contributed by atoms with E-state index in [0.29, 0.717) is 29.8 Å². The molecule has 0 bridgehead atoms. The van der Waals surface area contributed by atoms with Crippen LogP contribution in [-0.4, -0.2) is 34.9 Å². The number of piperidine rings is 1. The molecule has 0 spiro atoms. The number of carbonyl (C=O) groups is 1. The molecule has 3 N–H and O–H groups in total. The Bertz CT molecular complexity index is 1110. The number of amides is 1. The lowest BCUT2D eigenvalue weighted by Crippen LogP contribution is -2.42. The normalized spacial score (nSPS) is 15.8. The molecule has 2 aromatic heterocycles. The Morgan fingerprint density at radius 1 is 1.24 bits per heavy atom. The summed E-state index contributed by atoms with van der Waals surface area (Å²) in [4.78, 5) is 30.2. The van der Waals surface area contributed by atoms with Gasteiger partial charge in [-0.15, -0.1) is 0 Å². The fourth-order valence-corrected chi connectivity index (χ4v) is 3.94. The van der Waals surface area contributed by atoms with Crippen LogP contribution in [0.1, 0.15) is 49.5 Å². The molecule has 1 amide bonds. The summed E-state index contributed by atoms with van der Waals surface area (Å²) in [5.74, 6) is -0.0466. The first-order valence-electron chi connectivity index (χ1n) is 10.0. The number of nitrogens with one attached hydrogen (secondary N) is 1. The van der Waals surface area contributed by atoms with Crippen LogP contribution in [0.15, 0.2) is 45.9 Å². The number of nitrogens with zero attached hydrogens (tertiary/aromatic N) is 1. The molecule has 152 valence electrons. The van der Waals surface area contributed by atoms with Gasteiger partial charge in [0.05, 0.1) is 5.56 Å². The number of carbonyl (C=O) groups excluding carboxylic acids is 1. The van der Waals surface area contributed by atoms with Crippen LogP contribution in [-0.2, 0) is 5.41 Å². The Labute approximate surface area is 169 Å². The molecule has 3 heterocycles. The van der Waals surface area contributed by atoms with Crippen LogP contribution < -0.4 is 11.3 Å². The minimum atomic E-state index is -0.216. The van der Waals surface area contributed by atoms with Gasteiger partial charge in [0.25, 0.3) is 11.5 Å². The van der Waals surface area contributed by atoms with Crippen molar-refractivity contribution in [3.05, 3.63) is 58.2 Å². The largest absolute Gasteiger partial charge is 0.463 e. The van der Waals surface area contributed by atoms with Gasteiger partial charge in [0, 0.05) is 41.8 Å². The molecule has 0 radical (unpaired) electrons. The first-order chi connectivity index (χ1) is 13.8. The molecule has 0 aliphatic carbocycles. The molecule has 1 aromatic carbocycles. The molecule has 1 aliphatic rings. The number of furan rings is 1. The number of pyridine rings is 1. The van der Waals surface area contributed by atoms with Crippen LogP contribution >= 0.6 is 0 Å². The van der Waals surface area contributed by atoms with Crippen molar-refractivity contribution in [2.45, 2.75) is 45.1 Å². The quantitative estimate of drug-likeness (QED) is 0.695. The lowest BCUT2D eigenvalue weighted by atomic mass is 9.84. The van der Waals surface area contributed by atoms with E-state index < -0.39 is 0 Å². The highest BCUT2D eigenvalue weighted by Gasteiger charge is 2.28. The third-order valence-electron chi connectivity index (χ3n) is 5.67. The van der Waals surface area contributed by atoms with Gasteiger partial charge in [0.1, 0.15) is 11.8 Å². The van der Waals surface area contributed by atoms with Gasteiger partial charge in [-0.1, -0.05) is 20.8 Å². The maximum atomic E-state index is 13.2. The van der Waals surface area contributed by atoms with Gasteiger partial charge in [0.15, 0.2) is 0 Å². The molecule has 1 saturated heterocycles. The van der Waals surface area contributed by atoms with Crippen LogP contribution in [0, 0.1) is 0 Å². The molecule has 3 aromatic rings. The Morgan fingerprint density at radius 3 is 2.62 bits per heavy atom. The zero-order valence-electron chi connectivity index (χ0n) is 17.1. The van der Waals surface area contributed by atoms with Crippen molar-refractivity contribution < 1.29 is 9.21 Å². The predicted octanol–water partition coefficient (Wildman–Crippen LogP) is 3.65. The SMILES string of the molecule is CC(C)(C)c1cc(-c2ccc[nH]c2=O)cc2c(C(=O)N3CCC(N)CC3)coc12. The number of rotatable bonds is 2. The summed E-state index contributed by atoms with van der Waals surface area (Å²) in [6.07, 6.45) is 4.78. The summed E-state index contributed by atoms with van der Waals surface area (Å²) in [6.45, 7) is 7.58. The summed E-state index contributed by atoms with van der Waals surface area (Å²) >= 11 is 0. The van der Waals surface area contributed by atoms with Crippen LogP contribution in [0.25, 0.3) is 22.1 Å². The van der Waals surface area contributed by atoms with Crippen LogP contribution in [0.5, 0.6) is 0 Å². The number of benzene rings is 1. The highest BCUT2D eigenvalue weighted by molar-refractivity contribution is 6.07. The number of aromatic amines is 1. The average molecular weight is 393 g/mol. The molecule has 29 heavy (non-hydrogen) atoms. The molecular weight excluding hydrogens is 366 g/mol. The van der Waals surface area contributed by atoms with Gasteiger partial charge in [-0.2, -0.15) is 0 Å². The second-order valence-corrected chi connectivity index (χ2v) is 8.84. The third kappa shape index (κ3) is 3.60. The first-order valence-corrected chi connectivity index (χ1v) is 10.0. The summed E-state index contributed by atoms with van der Waals surface area (Å²) in [6, 6.07) is 7.63. The van der Waals surface area contributed by atoms with Crippen molar-refractivity contribution in [3.63, 3.8) is 0 Å². The molecule has 1 aliphatic heterocycles. The Morgan fingerprint density at radius 2 is 1.97 bits per heavy atom. The second kappa shape index (κ2) is 7.19. The second-order valence-electron chi connectivity index (χ2n) is 8.84. The van der Waals surface area contributed by atoms with Crippen molar-refractivity contribution in [1.82, 2.24) is 9.88 Å². The molecule has 0 saturated carbocycles. The highest BCUT2D eigenvalue weighted by atomic mass is 16.3. The maximum Gasteiger partial charge on any atom is 0.257 e. The van der Waals surface area contributed by atoms with Crippen molar-refractivity contribution in [1.29, 1.82) is 0 Å². The molecule has 0 unspecified atom stereocenters. The number of fused-ring (bicyclic) bond motifs is 1. The van der Waals surface area contributed by atoms with Gasteiger partial charge in [-0.3, -0.25) is 9.59 Å². The van der Waals surface area contributed by atoms with Gasteiger partial charge >= 0.3 is 0 Å². The Kier molecular flexibility index (Phi) is 4.82. The monoisotopic (exact) mass is 393 g/mol. The van der Waals surface area contributed by atoms with Gasteiger partial charge in [0.2, 0.25) is 0 Å². The van der Waals surface area contributed by atoms with E-state index in [1.807, 2.05) is 17.0 Å². The van der Waals surface area contributed by atoms with Crippen LogP contribution in [0.3, 0.4) is 0 Å². The highest BCUT2D eigenvalue weighted by Crippen LogP contribution is 2.37.